The van der Waals surface area contributed by atoms with Crippen LogP contribution in [0.15, 0.2) is 69.6 Å². The van der Waals surface area contributed by atoms with Crippen LogP contribution in [-0.2, 0) is 20.2 Å². The lowest BCUT2D eigenvalue weighted by molar-refractivity contribution is 0.153. The molecule has 5 N–H and O–H groups in total. The smallest absolute Gasteiger partial charge is 0.294 e. The number of phenols is 1. The summed E-state index contributed by atoms with van der Waals surface area (Å²) in [4.78, 5) is -0.743. The first kappa shape index (κ1) is 21.5. The van der Waals surface area contributed by atoms with Gasteiger partial charge in [0.25, 0.3) is 20.2 Å². The highest BCUT2D eigenvalue weighted by Gasteiger charge is 2.35. The van der Waals surface area contributed by atoms with Crippen molar-refractivity contribution in [2.24, 2.45) is 5.92 Å². The number of hydrogen-bond acceptors (Lipinski definition) is 7. The summed E-state index contributed by atoms with van der Waals surface area (Å²) in [5, 5.41) is 24.5. The highest BCUT2D eigenvalue weighted by Crippen LogP contribution is 2.39. The number of anilines is 1. The minimum absolute atomic E-state index is 0.157. The Hall–Kier alpha value is -2.70. The van der Waals surface area contributed by atoms with E-state index in [1.807, 2.05) is 0 Å². The first-order valence-corrected chi connectivity index (χ1v) is 12.1. The number of benzene rings is 2. The van der Waals surface area contributed by atoms with Crippen molar-refractivity contribution in [2.45, 2.75) is 23.8 Å². The second kappa shape index (κ2) is 7.46. The maximum absolute atomic E-state index is 11.9. The zero-order chi connectivity index (χ0) is 22.6. The van der Waals surface area contributed by atoms with Crippen molar-refractivity contribution in [2.75, 3.05) is 5.32 Å². The van der Waals surface area contributed by atoms with Crippen LogP contribution < -0.4 is 5.32 Å². The minimum Gasteiger partial charge on any atom is -0.507 e. The van der Waals surface area contributed by atoms with Gasteiger partial charge < -0.3 is 15.5 Å². The van der Waals surface area contributed by atoms with E-state index in [2.05, 4.69) is 5.32 Å². The number of nitrogens with one attached hydrogen (secondary N) is 1. The van der Waals surface area contributed by atoms with Crippen LogP contribution in [0.25, 0.3) is 10.8 Å². The van der Waals surface area contributed by atoms with Gasteiger partial charge in [-0.15, -0.1) is 0 Å². The quantitative estimate of drug-likeness (QED) is 0.427. The molecule has 31 heavy (non-hydrogen) atoms. The van der Waals surface area contributed by atoms with Gasteiger partial charge in [-0.05, 0) is 48.1 Å². The van der Waals surface area contributed by atoms with Crippen molar-refractivity contribution in [1.82, 2.24) is 0 Å². The van der Waals surface area contributed by atoms with Crippen LogP contribution in [0.3, 0.4) is 0 Å². The molecule has 9 nitrogen and oxygen atoms in total. The molecule has 0 heterocycles. The molecule has 2 atom stereocenters. The molecular weight excluding hydrogens is 446 g/mol. The molecule has 2 aliphatic carbocycles. The van der Waals surface area contributed by atoms with Gasteiger partial charge in [-0.2, -0.15) is 16.8 Å². The van der Waals surface area contributed by atoms with E-state index in [0.717, 1.165) is 6.07 Å². The molecule has 11 heteroatoms. The number of phenolic OH excluding ortho intramolecular Hbond substituents is 1. The lowest BCUT2D eigenvalue weighted by atomic mass is 9.80. The molecule has 2 aliphatic rings. The first-order chi connectivity index (χ1) is 14.4. The first-order valence-electron chi connectivity index (χ1n) is 9.24. The van der Waals surface area contributed by atoms with Crippen LogP contribution in [0.5, 0.6) is 5.75 Å². The number of allylic oxidation sites excluding steroid dienone is 3. The van der Waals surface area contributed by atoms with Gasteiger partial charge >= 0.3 is 0 Å². The molecule has 2 unspecified atom stereocenters. The summed E-state index contributed by atoms with van der Waals surface area (Å²) in [7, 11) is -9.02. The average molecular weight is 466 g/mol. The summed E-state index contributed by atoms with van der Waals surface area (Å²) in [5.74, 6) is -0.897. The molecular formula is C20H19NO8S2. The van der Waals surface area contributed by atoms with Crippen molar-refractivity contribution < 1.29 is 36.2 Å². The van der Waals surface area contributed by atoms with E-state index in [-0.39, 0.29) is 21.7 Å². The number of aromatic hydroxyl groups is 1. The number of aliphatic hydroxyl groups is 1. The van der Waals surface area contributed by atoms with Crippen molar-refractivity contribution in [1.29, 1.82) is 0 Å². The van der Waals surface area contributed by atoms with E-state index < -0.39 is 37.2 Å². The minimum atomic E-state index is -4.52. The number of fused-ring (bicyclic) bond motifs is 2. The molecule has 0 bridgehead atoms. The fourth-order valence-electron chi connectivity index (χ4n) is 3.92. The van der Waals surface area contributed by atoms with Crippen molar-refractivity contribution in [3.05, 3.63) is 64.7 Å². The Bertz CT molecular complexity index is 1390. The van der Waals surface area contributed by atoms with Crippen molar-refractivity contribution >= 4 is 36.7 Å². The highest BCUT2D eigenvalue weighted by molar-refractivity contribution is 7.90. The Balaban J connectivity index is 1.76. The Labute approximate surface area is 178 Å². The maximum Gasteiger partial charge on any atom is 0.294 e. The van der Waals surface area contributed by atoms with E-state index in [1.54, 1.807) is 12.2 Å². The maximum atomic E-state index is 11.9. The number of rotatable bonds is 4. The Morgan fingerprint density at radius 3 is 2.42 bits per heavy atom. The van der Waals surface area contributed by atoms with Crippen LogP contribution in [0.1, 0.15) is 12.8 Å². The van der Waals surface area contributed by atoms with Crippen molar-refractivity contribution in [3.8, 4) is 5.75 Å². The van der Waals surface area contributed by atoms with E-state index in [1.165, 1.54) is 30.3 Å². The summed E-state index contributed by atoms with van der Waals surface area (Å²) in [6, 6.07) is 6.63. The molecule has 0 spiro atoms. The molecule has 164 valence electrons. The fourth-order valence-corrected chi connectivity index (χ4v) is 5.25. The van der Waals surface area contributed by atoms with E-state index in [0.29, 0.717) is 29.5 Å². The summed E-state index contributed by atoms with van der Waals surface area (Å²) in [6.45, 7) is 0. The zero-order valence-corrected chi connectivity index (χ0v) is 17.6. The third-order valence-corrected chi connectivity index (χ3v) is 7.12. The molecule has 4 rings (SSSR count). The van der Waals surface area contributed by atoms with Crippen LogP contribution in [0.4, 0.5) is 5.69 Å². The second-order valence-electron chi connectivity index (χ2n) is 7.40. The highest BCUT2D eigenvalue weighted by atomic mass is 32.2. The Morgan fingerprint density at radius 2 is 1.74 bits per heavy atom. The Morgan fingerprint density at radius 1 is 1.00 bits per heavy atom. The van der Waals surface area contributed by atoms with Gasteiger partial charge in [0.2, 0.25) is 0 Å². The predicted molar refractivity (Wildman–Crippen MR) is 114 cm³/mol. The van der Waals surface area contributed by atoms with Gasteiger partial charge in [0.1, 0.15) is 11.9 Å². The topological polar surface area (TPSA) is 161 Å². The summed E-state index contributed by atoms with van der Waals surface area (Å²) in [5.41, 5.74) is 0.892. The predicted octanol–water partition coefficient (Wildman–Crippen LogP) is 2.57. The summed E-state index contributed by atoms with van der Waals surface area (Å²) >= 11 is 0. The van der Waals surface area contributed by atoms with Gasteiger partial charge in [0.15, 0.2) is 0 Å². The van der Waals surface area contributed by atoms with Crippen molar-refractivity contribution in [3.63, 3.8) is 0 Å². The fraction of sp³-hybridized carbons (Fsp3) is 0.200. The van der Waals surface area contributed by atoms with E-state index >= 15 is 0 Å². The average Bonchev–Trinajstić information content (AvgIpc) is 2.69. The normalized spacial score (nSPS) is 21.7. The van der Waals surface area contributed by atoms with Crippen LogP contribution >= 0.6 is 0 Å². The number of hydrogen-bond donors (Lipinski definition) is 5. The van der Waals surface area contributed by atoms with Crippen LogP contribution in [-0.4, -0.2) is 42.3 Å². The molecule has 2 aromatic carbocycles. The zero-order valence-electron chi connectivity index (χ0n) is 15.9. The largest absolute Gasteiger partial charge is 0.507 e. The van der Waals surface area contributed by atoms with Gasteiger partial charge in [0, 0.05) is 28.8 Å². The van der Waals surface area contributed by atoms with Gasteiger partial charge in [-0.1, -0.05) is 18.2 Å². The molecule has 0 aliphatic heterocycles. The van der Waals surface area contributed by atoms with E-state index in [4.69, 9.17) is 0 Å². The van der Waals surface area contributed by atoms with E-state index in [9.17, 15) is 36.2 Å². The molecule has 0 saturated heterocycles. The van der Waals surface area contributed by atoms with Crippen LogP contribution in [0, 0.1) is 5.92 Å². The lowest BCUT2D eigenvalue weighted by Crippen LogP contribution is -2.33. The summed E-state index contributed by atoms with van der Waals surface area (Å²) in [6.07, 6.45) is 4.65. The molecule has 0 fully saturated rings. The third kappa shape index (κ3) is 4.10. The lowest BCUT2D eigenvalue weighted by Gasteiger charge is -2.33. The third-order valence-electron chi connectivity index (χ3n) is 5.38. The molecule has 0 saturated carbocycles. The monoisotopic (exact) mass is 465 g/mol. The standard InChI is InChI=1S/C20H19NO8S2/c22-18-9-13(30(24,25)26)7-11-5-6-12(8-16(11)18)21-17-10-19(31(27,28)29)14-3-1-2-4-15(14)20(17)23/h1,3,5-10,15,20-23H,2,4H2,(H,24,25,26)(H,27,28,29). The number of aliphatic hydroxyl groups excluding tert-OH is 1. The Kier molecular flexibility index (Phi) is 5.18. The summed E-state index contributed by atoms with van der Waals surface area (Å²) < 4.78 is 65.3. The SMILES string of the molecule is O=S(=O)(O)C1=C2C=CCCC2C(O)C(Nc2ccc3cc(S(=O)(=O)O)cc(O)c3c2)=C1. The molecule has 2 aromatic rings. The van der Waals surface area contributed by atoms with Gasteiger partial charge in [0.05, 0.1) is 9.80 Å². The van der Waals surface area contributed by atoms with Gasteiger partial charge in [-0.3, -0.25) is 9.11 Å². The molecule has 0 aromatic heterocycles. The molecule has 0 amide bonds. The van der Waals surface area contributed by atoms with Gasteiger partial charge in [-0.25, -0.2) is 0 Å². The second-order valence-corrected chi connectivity index (χ2v) is 10.2. The van der Waals surface area contributed by atoms with Crippen LogP contribution in [0.2, 0.25) is 0 Å². The molecule has 0 radical (unpaired) electrons.